The molecule has 13 heavy (non-hydrogen) atoms. The quantitative estimate of drug-likeness (QED) is 0.644. The molecule has 0 aromatic carbocycles. The van der Waals surface area contributed by atoms with Crippen molar-refractivity contribution in [3.63, 3.8) is 0 Å². The Labute approximate surface area is 96.6 Å². The Kier molecular flexibility index (Phi) is 5.34. The number of thiocarbonyl (C=S) groups is 1. The first-order chi connectivity index (χ1) is 5.66. The Morgan fingerprint density at radius 1 is 1.15 bits per heavy atom. The zero-order chi connectivity index (χ0) is 10.7. The number of rotatable bonds is 2. The molecule has 0 saturated heterocycles. The Morgan fingerprint density at radius 2 is 1.62 bits per heavy atom. The summed E-state index contributed by atoms with van der Waals surface area (Å²) in [5, 5.41) is 0. The van der Waals surface area contributed by atoms with E-state index in [1.807, 2.05) is 18.0 Å². The smallest absolute Gasteiger partial charge is 0.104 e. The van der Waals surface area contributed by atoms with Crippen LogP contribution in [0.15, 0.2) is 0 Å². The van der Waals surface area contributed by atoms with Crippen molar-refractivity contribution in [1.82, 2.24) is 0 Å². The van der Waals surface area contributed by atoms with Gasteiger partial charge in [-0.3, -0.25) is 0 Å². The largest absolute Gasteiger partial charge is 0.111 e. The molecule has 0 aliphatic rings. The molecule has 0 heterocycles. The van der Waals surface area contributed by atoms with Crippen LogP contribution in [0.5, 0.6) is 0 Å². The summed E-state index contributed by atoms with van der Waals surface area (Å²) in [5.74, 6) is 0. The Morgan fingerprint density at radius 3 is 1.92 bits per heavy atom. The van der Waals surface area contributed by atoms with Gasteiger partial charge in [-0.05, 0) is 18.1 Å². The molecule has 0 aliphatic carbocycles. The van der Waals surface area contributed by atoms with Gasteiger partial charge in [0.25, 0.3) is 0 Å². The summed E-state index contributed by atoms with van der Waals surface area (Å²) in [7, 11) is 0. The third kappa shape index (κ3) is 7.83. The second-order valence-electron chi connectivity index (χ2n) is 5.05. The molecule has 0 bridgehead atoms. The Bertz CT molecular complexity index is 177. The van der Waals surface area contributed by atoms with E-state index in [4.69, 9.17) is 12.2 Å². The van der Waals surface area contributed by atoms with Gasteiger partial charge in [-0.1, -0.05) is 46.8 Å². The van der Waals surface area contributed by atoms with E-state index in [0.717, 1.165) is 3.53 Å². The third-order valence-corrected chi connectivity index (χ3v) is 4.18. The summed E-state index contributed by atoms with van der Waals surface area (Å²) in [6.45, 7) is 11.4. The van der Waals surface area contributed by atoms with E-state index < -0.39 is 0 Å². The lowest BCUT2D eigenvalue weighted by Crippen LogP contribution is -2.24. The maximum absolute atomic E-state index is 5.22. The molecule has 0 unspecified atom stereocenters. The summed E-state index contributed by atoms with van der Waals surface area (Å²) >= 11 is 8.71. The summed E-state index contributed by atoms with van der Waals surface area (Å²) < 4.78 is 1.31. The van der Waals surface area contributed by atoms with Crippen molar-refractivity contribution >= 4 is 39.3 Å². The number of hydrogen-bond acceptors (Lipinski definition) is 3. The summed E-state index contributed by atoms with van der Waals surface area (Å²) in [6.07, 6.45) is 3.23. The maximum atomic E-state index is 5.22. The van der Waals surface area contributed by atoms with Crippen molar-refractivity contribution in [1.29, 1.82) is 0 Å². The van der Waals surface area contributed by atoms with Gasteiger partial charge in [-0.2, -0.15) is 0 Å². The third-order valence-electron chi connectivity index (χ3n) is 1.48. The van der Waals surface area contributed by atoms with E-state index >= 15 is 0 Å². The molecule has 0 fully saturated rings. The zero-order valence-corrected chi connectivity index (χ0v) is 11.9. The highest BCUT2D eigenvalue weighted by molar-refractivity contribution is 8.47. The number of hydrogen-bond donors (Lipinski definition) is 0. The fourth-order valence-corrected chi connectivity index (χ4v) is 4.22. The predicted octanol–water partition coefficient (Wildman–Crippen LogP) is 4.58. The lowest BCUT2D eigenvalue weighted by atomic mass is 9.86. The van der Waals surface area contributed by atoms with E-state index in [1.165, 1.54) is 6.42 Å². The first-order valence-corrected chi connectivity index (χ1v) is 6.88. The molecule has 0 amide bonds. The Hall–Kier alpha value is 0.790. The minimum atomic E-state index is 0.262. The van der Waals surface area contributed by atoms with Crippen LogP contribution >= 0.6 is 35.7 Å². The van der Waals surface area contributed by atoms with Crippen LogP contribution in [0.1, 0.15) is 41.0 Å². The molecule has 0 rings (SSSR count). The van der Waals surface area contributed by atoms with Crippen LogP contribution in [-0.4, -0.2) is 14.5 Å². The average Bonchev–Trinajstić information content (AvgIpc) is 1.80. The van der Waals surface area contributed by atoms with Gasteiger partial charge < -0.3 is 0 Å². The molecule has 0 atom stereocenters. The van der Waals surface area contributed by atoms with Gasteiger partial charge in [0.05, 0.1) is 0 Å². The topological polar surface area (TPSA) is 0 Å². The highest BCUT2D eigenvalue weighted by Gasteiger charge is 2.27. The van der Waals surface area contributed by atoms with Crippen LogP contribution < -0.4 is 0 Å². The molecule has 0 aromatic rings. The molecule has 0 N–H and O–H groups in total. The Balaban J connectivity index is 4.16. The molecule has 78 valence electrons. The van der Waals surface area contributed by atoms with Crippen LogP contribution in [0.2, 0.25) is 0 Å². The van der Waals surface area contributed by atoms with Crippen LogP contribution in [0.25, 0.3) is 0 Å². The molecule has 0 radical (unpaired) electrons. The van der Waals surface area contributed by atoms with Crippen molar-refractivity contribution in [3.8, 4) is 0 Å². The second-order valence-corrected chi connectivity index (χ2v) is 8.77. The fourth-order valence-electron chi connectivity index (χ4n) is 1.58. The molecular weight excluding hydrogens is 216 g/mol. The highest BCUT2D eigenvalue weighted by atomic mass is 32.2. The lowest BCUT2D eigenvalue weighted by Gasteiger charge is -2.31. The van der Waals surface area contributed by atoms with Crippen LogP contribution in [0, 0.1) is 5.41 Å². The molecule has 3 heteroatoms. The van der Waals surface area contributed by atoms with Gasteiger partial charge in [0, 0.05) is 4.75 Å². The van der Waals surface area contributed by atoms with Crippen LogP contribution in [0.3, 0.4) is 0 Å². The van der Waals surface area contributed by atoms with Crippen LogP contribution in [0.4, 0.5) is 0 Å². The second kappa shape index (κ2) is 5.04. The van der Waals surface area contributed by atoms with E-state index in [9.17, 15) is 0 Å². The number of thioether (sulfide) groups is 2. The van der Waals surface area contributed by atoms with Crippen molar-refractivity contribution in [2.75, 3.05) is 6.26 Å². The van der Waals surface area contributed by atoms with Crippen molar-refractivity contribution in [3.05, 3.63) is 0 Å². The maximum Gasteiger partial charge on any atom is 0.104 e. The molecular formula is C10H20S3. The van der Waals surface area contributed by atoms with E-state index in [2.05, 4.69) is 34.6 Å². The zero-order valence-electron chi connectivity index (χ0n) is 9.43. The summed E-state index contributed by atoms with van der Waals surface area (Å²) in [5.41, 5.74) is 0.379. The predicted molar refractivity (Wildman–Crippen MR) is 71.9 cm³/mol. The van der Waals surface area contributed by atoms with Gasteiger partial charge in [0.15, 0.2) is 0 Å². The van der Waals surface area contributed by atoms with Gasteiger partial charge in [0.2, 0.25) is 0 Å². The first-order valence-electron chi connectivity index (χ1n) is 4.43. The van der Waals surface area contributed by atoms with E-state index in [0.29, 0.717) is 5.41 Å². The minimum Gasteiger partial charge on any atom is -0.111 e. The van der Waals surface area contributed by atoms with Crippen molar-refractivity contribution in [2.24, 2.45) is 5.41 Å². The van der Waals surface area contributed by atoms with E-state index in [-0.39, 0.29) is 4.75 Å². The van der Waals surface area contributed by atoms with Crippen molar-refractivity contribution in [2.45, 2.75) is 45.8 Å². The van der Waals surface area contributed by atoms with Gasteiger partial charge in [0.1, 0.15) is 3.53 Å². The molecule has 0 nitrogen and oxygen atoms in total. The standard InChI is InChI=1S/C10H20S3/c1-9(2,3)7-10(4,5)13-8(11)12-6/h7H2,1-6H3. The molecule has 0 aromatic heterocycles. The first kappa shape index (κ1) is 13.8. The van der Waals surface area contributed by atoms with Crippen molar-refractivity contribution < 1.29 is 0 Å². The van der Waals surface area contributed by atoms with Crippen LogP contribution in [-0.2, 0) is 0 Å². The van der Waals surface area contributed by atoms with Gasteiger partial charge >= 0.3 is 0 Å². The van der Waals surface area contributed by atoms with Gasteiger partial charge in [-0.15, -0.1) is 23.5 Å². The summed E-state index contributed by atoms with van der Waals surface area (Å²) in [6, 6.07) is 0. The fraction of sp³-hybridized carbons (Fsp3) is 0.900. The monoisotopic (exact) mass is 236 g/mol. The molecule has 0 aliphatic heterocycles. The normalized spacial score (nSPS) is 13.1. The summed E-state index contributed by atoms with van der Waals surface area (Å²) in [4.78, 5) is 0. The molecule has 0 saturated carbocycles. The average molecular weight is 236 g/mol. The molecule has 0 spiro atoms. The highest BCUT2D eigenvalue weighted by Crippen LogP contribution is 2.39. The minimum absolute atomic E-state index is 0.262. The lowest BCUT2D eigenvalue weighted by molar-refractivity contribution is 0.340. The van der Waals surface area contributed by atoms with Gasteiger partial charge in [-0.25, -0.2) is 0 Å². The van der Waals surface area contributed by atoms with E-state index in [1.54, 1.807) is 11.8 Å². The SMILES string of the molecule is CSC(=S)SC(C)(C)CC(C)(C)C.